The molecule has 0 radical (unpaired) electrons. The molecule has 2 aromatic heterocycles. The van der Waals surface area contributed by atoms with Crippen molar-refractivity contribution in [3.8, 4) is 11.5 Å². The van der Waals surface area contributed by atoms with Crippen LogP contribution in [0.15, 0.2) is 52.2 Å². The number of imidazole rings is 1. The molecule has 144 valence electrons. The van der Waals surface area contributed by atoms with Gasteiger partial charge in [-0.1, -0.05) is 6.07 Å². The first kappa shape index (κ1) is 21.3. The average Bonchev–Trinajstić information content (AvgIpc) is 3.06. The van der Waals surface area contributed by atoms with Gasteiger partial charge in [0, 0.05) is 16.9 Å². The van der Waals surface area contributed by atoms with E-state index in [1.165, 1.54) is 0 Å². The van der Waals surface area contributed by atoms with Gasteiger partial charge in [0.15, 0.2) is 17.5 Å². The summed E-state index contributed by atoms with van der Waals surface area (Å²) in [7, 11) is 3.21. The molecule has 3 N–H and O–H groups in total. The summed E-state index contributed by atoms with van der Waals surface area (Å²) in [5.41, 5.74) is 8.69. The Morgan fingerprint density at radius 2 is 1.96 bits per heavy atom. The topological polar surface area (TPSA) is 86.2 Å². The van der Waals surface area contributed by atoms with Crippen molar-refractivity contribution < 1.29 is 9.47 Å². The SMILES string of the molecule is COc1ccc(CN=C(N)NCc2cn3cc(Br)ccc3n2)cc1OC.I. The molecule has 0 fully saturated rings. The van der Waals surface area contributed by atoms with E-state index in [1.54, 1.807) is 14.2 Å². The normalized spacial score (nSPS) is 11.1. The molecule has 0 saturated carbocycles. The van der Waals surface area contributed by atoms with Gasteiger partial charge < -0.3 is 24.9 Å². The summed E-state index contributed by atoms with van der Waals surface area (Å²) in [6.07, 6.45) is 3.91. The van der Waals surface area contributed by atoms with Gasteiger partial charge in [0.2, 0.25) is 0 Å². The Bertz CT molecular complexity index is 945. The second kappa shape index (κ2) is 9.79. The highest BCUT2D eigenvalue weighted by Crippen LogP contribution is 2.27. The van der Waals surface area contributed by atoms with Crippen LogP contribution >= 0.6 is 39.9 Å². The summed E-state index contributed by atoms with van der Waals surface area (Å²) in [6.45, 7) is 0.942. The molecule has 0 atom stereocenters. The summed E-state index contributed by atoms with van der Waals surface area (Å²) in [4.78, 5) is 8.88. The smallest absolute Gasteiger partial charge is 0.189 e. The van der Waals surface area contributed by atoms with Gasteiger partial charge in [-0.05, 0) is 45.8 Å². The maximum Gasteiger partial charge on any atom is 0.189 e. The summed E-state index contributed by atoms with van der Waals surface area (Å²) < 4.78 is 13.5. The number of aliphatic imine (C=N–C) groups is 1. The van der Waals surface area contributed by atoms with Crippen LogP contribution in [0, 0.1) is 0 Å². The van der Waals surface area contributed by atoms with E-state index in [0.717, 1.165) is 21.4 Å². The molecule has 3 rings (SSSR count). The molecule has 0 unspecified atom stereocenters. The molecule has 0 bridgehead atoms. The standard InChI is InChI=1S/C18H20BrN5O2.HI/c1-25-15-5-3-12(7-16(15)26-2)8-21-18(20)22-9-14-11-24-10-13(19)4-6-17(24)23-14;/h3-7,10-11H,8-9H2,1-2H3,(H3,20,21,22);1H. The van der Waals surface area contributed by atoms with E-state index in [4.69, 9.17) is 15.2 Å². The monoisotopic (exact) mass is 545 g/mol. The van der Waals surface area contributed by atoms with Crippen molar-refractivity contribution in [2.45, 2.75) is 13.1 Å². The molecule has 3 aromatic rings. The van der Waals surface area contributed by atoms with Crippen molar-refractivity contribution in [3.63, 3.8) is 0 Å². The van der Waals surface area contributed by atoms with Gasteiger partial charge in [0.05, 0.1) is 33.0 Å². The fraction of sp³-hybridized carbons (Fsp3) is 0.222. The number of hydrogen-bond acceptors (Lipinski definition) is 4. The summed E-state index contributed by atoms with van der Waals surface area (Å²) in [5, 5.41) is 3.08. The zero-order valence-electron chi connectivity index (χ0n) is 15.0. The number of rotatable bonds is 6. The van der Waals surface area contributed by atoms with E-state index < -0.39 is 0 Å². The highest BCUT2D eigenvalue weighted by Gasteiger charge is 2.05. The first-order chi connectivity index (χ1) is 12.6. The first-order valence-corrected chi connectivity index (χ1v) is 8.76. The predicted molar refractivity (Wildman–Crippen MR) is 120 cm³/mol. The summed E-state index contributed by atoms with van der Waals surface area (Å²) in [5.74, 6) is 1.71. The minimum absolute atomic E-state index is 0. The Kier molecular flexibility index (Phi) is 7.72. The Morgan fingerprint density at radius 1 is 1.19 bits per heavy atom. The van der Waals surface area contributed by atoms with Crippen LogP contribution < -0.4 is 20.5 Å². The van der Waals surface area contributed by atoms with Crippen molar-refractivity contribution in [3.05, 3.63) is 58.5 Å². The average molecular weight is 546 g/mol. The third kappa shape index (κ3) is 5.48. The third-order valence-corrected chi connectivity index (χ3v) is 4.26. The number of nitrogens with one attached hydrogen (secondary N) is 1. The highest BCUT2D eigenvalue weighted by molar-refractivity contribution is 14.0. The van der Waals surface area contributed by atoms with Gasteiger partial charge in [-0.15, -0.1) is 24.0 Å². The lowest BCUT2D eigenvalue weighted by molar-refractivity contribution is 0.354. The quantitative estimate of drug-likeness (QED) is 0.282. The van der Waals surface area contributed by atoms with E-state index in [0.29, 0.717) is 30.5 Å². The molecule has 0 spiro atoms. The minimum atomic E-state index is 0. The lowest BCUT2D eigenvalue weighted by Crippen LogP contribution is -2.31. The van der Waals surface area contributed by atoms with Gasteiger partial charge in [-0.2, -0.15) is 0 Å². The van der Waals surface area contributed by atoms with Crippen LogP contribution in [-0.4, -0.2) is 29.6 Å². The van der Waals surface area contributed by atoms with E-state index in [9.17, 15) is 0 Å². The number of nitrogens with two attached hydrogens (primary N) is 1. The Morgan fingerprint density at radius 3 is 2.70 bits per heavy atom. The van der Waals surface area contributed by atoms with Crippen molar-refractivity contribution in [1.82, 2.24) is 14.7 Å². The molecule has 27 heavy (non-hydrogen) atoms. The number of ether oxygens (including phenoxy) is 2. The molecule has 0 amide bonds. The second-order valence-electron chi connectivity index (χ2n) is 5.59. The summed E-state index contributed by atoms with van der Waals surface area (Å²) >= 11 is 3.45. The zero-order valence-corrected chi connectivity index (χ0v) is 18.9. The number of hydrogen-bond donors (Lipinski definition) is 2. The van der Waals surface area contributed by atoms with Crippen LogP contribution in [0.1, 0.15) is 11.3 Å². The number of guanidine groups is 1. The lowest BCUT2D eigenvalue weighted by atomic mass is 10.2. The van der Waals surface area contributed by atoms with Crippen LogP contribution in [0.4, 0.5) is 0 Å². The second-order valence-corrected chi connectivity index (χ2v) is 6.51. The van der Waals surface area contributed by atoms with E-state index >= 15 is 0 Å². The van der Waals surface area contributed by atoms with Gasteiger partial charge in [-0.25, -0.2) is 9.98 Å². The van der Waals surface area contributed by atoms with Crippen LogP contribution in [0.3, 0.4) is 0 Å². The van der Waals surface area contributed by atoms with Crippen LogP contribution in [-0.2, 0) is 13.1 Å². The fourth-order valence-electron chi connectivity index (χ4n) is 2.49. The molecular weight excluding hydrogens is 525 g/mol. The minimum Gasteiger partial charge on any atom is -0.493 e. The van der Waals surface area contributed by atoms with Gasteiger partial charge in [0.25, 0.3) is 0 Å². The van der Waals surface area contributed by atoms with E-state index in [-0.39, 0.29) is 24.0 Å². The predicted octanol–water partition coefficient (Wildman–Crippen LogP) is 3.34. The maximum absolute atomic E-state index is 5.96. The molecule has 0 aliphatic heterocycles. The molecule has 0 aliphatic carbocycles. The van der Waals surface area contributed by atoms with Gasteiger partial charge >= 0.3 is 0 Å². The Balaban J connectivity index is 0.00000261. The number of methoxy groups -OCH3 is 2. The van der Waals surface area contributed by atoms with Crippen molar-refractivity contribution in [2.75, 3.05) is 14.2 Å². The maximum atomic E-state index is 5.96. The van der Waals surface area contributed by atoms with Crippen molar-refractivity contribution >= 4 is 51.5 Å². The number of benzene rings is 1. The van der Waals surface area contributed by atoms with Gasteiger partial charge in [0.1, 0.15) is 5.65 Å². The molecule has 0 saturated heterocycles. The highest BCUT2D eigenvalue weighted by atomic mass is 127. The number of fused-ring (bicyclic) bond motifs is 1. The number of pyridine rings is 1. The molecule has 0 aliphatic rings. The van der Waals surface area contributed by atoms with E-state index in [1.807, 2.05) is 47.1 Å². The molecule has 1 aromatic carbocycles. The van der Waals surface area contributed by atoms with Crippen molar-refractivity contribution in [2.24, 2.45) is 10.7 Å². The number of halogens is 2. The summed E-state index contributed by atoms with van der Waals surface area (Å²) in [6, 6.07) is 9.57. The fourth-order valence-corrected chi connectivity index (χ4v) is 2.85. The number of nitrogens with zero attached hydrogens (tertiary/aromatic N) is 3. The van der Waals surface area contributed by atoms with Crippen LogP contribution in [0.5, 0.6) is 11.5 Å². The Hall–Kier alpha value is -2.01. The molecule has 2 heterocycles. The van der Waals surface area contributed by atoms with Crippen molar-refractivity contribution in [1.29, 1.82) is 0 Å². The lowest BCUT2D eigenvalue weighted by Gasteiger charge is -2.09. The largest absolute Gasteiger partial charge is 0.493 e. The van der Waals surface area contributed by atoms with Crippen LogP contribution in [0.25, 0.3) is 5.65 Å². The van der Waals surface area contributed by atoms with Crippen LogP contribution in [0.2, 0.25) is 0 Å². The number of aromatic nitrogens is 2. The Labute approximate surface area is 183 Å². The molecular formula is C18H21BrIN5O2. The third-order valence-electron chi connectivity index (χ3n) is 3.80. The molecule has 9 heteroatoms. The molecule has 7 nitrogen and oxygen atoms in total. The zero-order chi connectivity index (χ0) is 18.5. The van der Waals surface area contributed by atoms with Gasteiger partial charge in [-0.3, -0.25) is 0 Å². The van der Waals surface area contributed by atoms with E-state index in [2.05, 4.69) is 31.2 Å². The first-order valence-electron chi connectivity index (χ1n) is 7.97.